The fourth-order valence-corrected chi connectivity index (χ4v) is 2.88. The lowest BCUT2D eigenvalue weighted by Crippen LogP contribution is -2.28. The number of hydrogen-bond acceptors (Lipinski definition) is 4. The van der Waals surface area contributed by atoms with Crippen LogP contribution < -0.4 is 10.1 Å². The molecule has 0 heterocycles. The minimum Gasteiger partial charge on any atom is -0.492 e. The number of halogens is 1. The maximum atomic E-state index is 12.8. The second-order valence-corrected chi connectivity index (χ2v) is 6.77. The van der Waals surface area contributed by atoms with Crippen LogP contribution in [0.25, 0.3) is 11.6 Å². The Bertz CT molecular complexity index is 1050. The van der Waals surface area contributed by atoms with E-state index in [9.17, 15) is 14.9 Å². The Morgan fingerprint density at radius 3 is 2.47 bits per heavy atom. The van der Waals surface area contributed by atoms with Crippen LogP contribution in [-0.2, 0) is 4.79 Å². The van der Waals surface area contributed by atoms with Crippen LogP contribution >= 0.6 is 11.6 Å². The maximum absolute atomic E-state index is 12.8. The van der Waals surface area contributed by atoms with Gasteiger partial charge in [0.15, 0.2) is 0 Å². The molecule has 0 unspecified atom stereocenters. The minimum absolute atomic E-state index is 0.0343. The Balaban J connectivity index is 1.72. The fraction of sp³-hybridized carbons (Fsp3) is 0.0870. The third kappa shape index (κ3) is 5.93. The molecule has 0 atom stereocenters. The molecule has 3 rings (SSSR count). The molecule has 30 heavy (non-hydrogen) atoms. The summed E-state index contributed by atoms with van der Waals surface area (Å²) in [5.74, 6) is 0.358. The second kappa shape index (κ2) is 10.2. The first-order valence-corrected chi connectivity index (χ1v) is 9.59. The molecule has 0 radical (unpaired) electrons. The van der Waals surface area contributed by atoms with Crippen molar-refractivity contribution in [2.45, 2.75) is 0 Å². The molecule has 7 heteroatoms. The zero-order chi connectivity index (χ0) is 21.3. The number of nitrogens with zero attached hydrogens (tertiary/aromatic N) is 1. The van der Waals surface area contributed by atoms with Crippen molar-refractivity contribution in [3.63, 3.8) is 0 Å². The van der Waals surface area contributed by atoms with Crippen LogP contribution in [0.4, 0.5) is 5.69 Å². The van der Waals surface area contributed by atoms with Gasteiger partial charge in [-0.15, -0.1) is 0 Å². The highest BCUT2D eigenvalue weighted by Crippen LogP contribution is 2.21. The van der Waals surface area contributed by atoms with Crippen molar-refractivity contribution in [1.82, 2.24) is 5.32 Å². The highest BCUT2D eigenvalue weighted by atomic mass is 35.5. The fourth-order valence-electron chi connectivity index (χ4n) is 2.75. The highest BCUT2D eigenvalue weighted by molar-refractivity contribution is 6.30. The molecule has 0 aromatic heterocycles. The average molecular weight is 423 g/mol. The van der Waals surface area contributed by atoms with Crippen LogP contribution in [0.15, 0.2) is 78.9 Å². The normalized spacial score (nSPS) is 11.0. The van der Waals surface area contributed by atoms with E-state index in [2.05, 4.69) is 5.32 Å². The summed E-state index contributed by atoms with van der Waals surface area (Å²) in [7, 11) is 0. The van der Waals surface area contributed by atoms with Crippen molar-refractivity contribution >= 4 is 34.8 Å². The van der Waals surface area contributed by atoms with Gasteiger partial charge in [0.05, 0.1) is 11.5 Å². The summed E-state index contributed by atoms with van der Waals surface area (Å²) in [6.45, 7) is 0.576. The second-order valence-electron chi connectivity index (χ2n) is 6.33. The van der Waals surface area contributed by atoms with Crippen molar-refractivity contribution in [3.05, 3.63) is 105 Å². The van der Waals surface area contributed by atoms with E-state index in [0.717, 1.165) is 0 Å². The van der Waals surface area contributed by atoms with Crippen molar-refractivity contribution in [3.8, 4) is 5.75 Å². The van der Waals surface area contributed by atoms with Gasteiger partial charge in [-0.05, 0) is 41.5 Å². The van der Waals surface area contributed by atoms with E-state index in [1.807, 2.05) is 30.3 Å². The molecule has 0 bridgehead atoms. The van der Waals surface area contributed by atoms with Crippen LogP contribution in [0, 0.1) is 10.1 Å². The van der Waals surface area contributed by atoms with Gasteiger partial charge >= 0.3 is 0 Å². The predicted octanol–water partition coefficient (Wildman–Crippen LogP) is 4.98. The van der Waals surface area contributed by atoms with E-state index < -0.39 is 4.92 Å². The van der Waals surface area contributed by atoms with E-state index >= 15 is 0 Å². The van der Waals surface area contributed by atoms with Crippen molar-refractivity contribution < 1.29 is 14.5 Å². The predicted molar refractivity (Wildman–Crippen MR) is 117 cm³/mol. The summed E-state index contributed by atoms with van der Waals surface area (Å²) in [6.07, 6.45) is 1.64. The molecule has 3 aromatic carbocycles. The topological polar surface area (TPSA) is 81.5 Å². The lowest BCUT2D eigenvalue weighted by Gasteiger charge is -2.11. The van der Waals surface area contributed by atoms with E-state index in [1.165, 1.54) is 12.1 Å². The van der Waals surface area contributed by atoms with Gasteiger partial charge in [0.1, 0.15) is 12.4 Å². The molecule has 0 saturated heterocycles. The maximum Gasteiger partial charge on any atom is 0.270 e. The van der Waals surface area contributed by atoms with Crippen LogP contribution in [0.2, 0.25) is 5.02 Å². The largest absolute Gasteiger partial charge is 0.492 e. The Hall–Kier alpha value is -3.64. The van der Waals surface area contributed by atoms with Gasteiger partial charge in [0.2, 0.25) is 0 Å². The number of non-ortho nitro benzene ring substituents is 1. The Labute approximate surface area is 178 Å². The molecular weight excluding hydrogens is 404 g/mol. The summed E-state index contributed by atoms with van der Waals surface area (Å²) >= 11 is 5.85. The summed E-state index contributed by atoms with van der Waals surface area (Å²) in [5, 5.41) is 14.5. The molecule has 1 N–H and O–H groups in total. The lowest BCUT2D eigenvalue weighted by atomic mass is 10.0. The molecule has 6 nitrogen and oxygen atoms in total. The Morgan fingerprint density at radius 2 is 1.77 bits per heavy atom. The van der Waals surface area contributed by atoms with Crippen molar-refractivity contribution in [2.75, 3.05) is 13.2 Å². The van der Waals surface area contributed by atoms with E-state index in [4.69, 9.17) is 16.3 Å². The summed E-state index contributed by atoms with van der Waals surface area (Å²) in [4.78, 5) is 23.4. The third-order valence-electron chi connectivity index (χ3n) is 4.19. The van der Waals surface area contributed by atoms with E-state index in [-0.39, 0.29) is 18.2 Å². The summed E-state index contributed by atoms with van der Waals surface area (Å²) in [5.41, 5.74) is 1.64. The number of nitrogens with one attached hydrogen (secondary N) is 1. The van der Waals surface area contributed by atoms with Crippen molar-refractivity contribution in [2.24, 2.45) is 0 Å². The zero-order valence-electron chi connectivity index (χ0n) is 16.0. The summed E-state index contributed by atoms with van der Waals surface area (Å²) < 4.78 is 5.59. The molecule has 152 valence electrons. The van der Waals surface area contributed by atoms with Gasteiger partial charge in [0, 0.05) is 22.7 Å². The van der Waals surface area contributed by atoms with Crippen LogP contribution in [-0.4, -0.2) is 24.0 Å². The summed E-state index contributed by atoms with van der Waals surface area (Å²) in [6, 6.07) is 22.2. The molecule has 0 saturated carbocycles. The van der Waals surface area contributed by atoms with E-state index in [1.54, 1.807) is 42.5 Å². The standard InChI is InChI=1S/C23H19ClN2O4/c24-19-9-11-21(12-10-19)30-14-13-25-23(27)22(18-6-2-1-3-7-18)16-17-5-4-8-20(15-17)26(28)29/h1-12,15-16H,13-14H2,(H,25,27)/b22-16+. The van der Waals surface area contributed by atoms with Gasteiger partial charge < -0.3 is 10.1 Å². The molecular formula is C23H19ClN2O4. The minimum atomic E-state index is -0.465. The van der Waals surface area contributed by atoms with Crippen LogP contribution in [0.3, 0.4) is 0 Å². The molecule has 0 aliphatic carbocycles. The quantitative estimate of drug-likeness (QED) is 0.182. The van der Waals surface area contributed by atoms with Crippen LogP contribution in [0.5, 0.6) is 5.75 Å². The molecule has 0 aliphatic rings. The first kappa shape index (κ1) is 21.1. The van der Waals surface area contributed by atoms with Crippen LogP contribution in [0.1, 0.15) is 11.1 Å². The number of benzene rings is 3. The molecule has 0 aliphatic heterocycles. The number of carbonyl (C=O) groups excluding carboxylic acids is 1. The molecule has 1 amide bonds. The SMILES string of the molecule is O=C(NCCOc1ccc(Cl)cc1)/C(=C/c1cccc([N+](=O)[O-])c1)c1ccccc1. The number of hydrogen-bond donors (Lipinski definition) is 1. The van der Waals surface area contributed by atoms with Gasteiger partial charge in [0.25, 0.3) is 11.6 Å². The number of rotatable bonds is 8. The number of amides is 1. The zero-order valence-corrected chi connectivity index (χ0v) is 16.7. The monoisotopic (exact) mass is 422 g/mol. The Kier molecular flexibility index (Phi) is 7.19. The van der Waals surface area contributed by atoms with Gasteiger partial charge in [-0.25, -0.2) is 0 Å². The molecule has 0 spiro atoms. The number of nitro groups is 1. The van der Waals surface area contributed by atoms with E-state index in [0.29, 0.717) is 34.0 Å². The molecule has 3 aromatic rings. The lowest BCUT2D eigenvalue weighted by molar-refractivity contribution is -0.384. The number of ether oxygens (including phenoxy) is 1. The number of carbonyl (C=O) groups is 1. The van der Waals surface area contributed by atoms with Gasteiger partial charge in [-0.2, -0.15) is 0 Å². The number of nitro benzene ring substituents is 1. The first-order valence-electron chi connectivity index (χ1n) is 9.21. The molecule has 0 fully saturated rings. The Morgan fingerprint density at radius 1 is 1.03 bits per heavy atom. The van der Waals surface area contributed by atoms with Gasteiger partial charge in [-0.3, -0.25) is 14.9 Å². The third-order valence-corrected chi connectivity index (χ3v) is 4.44. The first-order chi connectivity index (χ1) is 14.5. The average Bonchev–Trinajstić information content (AvgIpc) is 2.77. The smallest absolute Gasteiger partial charge is 0.270 e. The van der Waals surface area contributed by atoms with Gasteiger partial charge in [-0.1, -0.05) is 54.1 Å². The highest BCUT2D eigenvalue weighted by Gasteiger charge is 2.13. The van der Waals surface area contributed by atoms with Crippen molar-refractivity contribution in [1.29, 1.82) is 0 Å².